The lowest BCUT2D eigenvalue weighted by Gasteiger charge is -2.29. The fourth-order valence-corrected chi connectivity index (χ4v) is 2.35. The second-order valence-electron chi connectivity index (χ2n) is 4.63. The van der Waals surface area contributed by atoms with Crippen LogP contribution in [0.15, 0.2) is 18.2 Å². The molecule has 0 saturated carbocycles. The van der Waals surface area contributed by atoms with Crippen molar-refractivity contribution in [2.75, 3.05) is 33.4 Å². The Morgan fingerprint density at radius 3 is 3.06 bits per heavy atom. The van der Waals surface area contributed by atoms with Gasteiger partial charge >= 0.3 is 0 Å². The highest BCUT2D eigenvalue weighted by molar-refractivity contribution is 6.30. The van der Waals surface area contributed by atoms with Gasteiger partial charge in [-0.2, -0.15) is 0 Å². The van der Waals surface area contributed by atoms with E-state index < -0.39 is 0 Å². The van der Waals surface area contributed by atoms with Gasteiger partial charge in [-0.3, -0.25) is 0 Å². The molecular weight excluding hydrogens is 238 g/mol. The highest BCUT2D eigenvalue weighted by Crippen LogP contribution is 2.34. The molecule has 94 valence electrons. The zero-order valence-electron chi connectivity index (χ0n) is 10.3. The number of hydrogen-bond acceptors (Lipinski definition) is 3. The summed E-state index contributed by atoms with van der Waals surface area (Å²) in [6, 6.07) is 5.72. The third-order valence-corrected chi connectivity index (χ3v) is 3.41. The van der Waals surface area contributed by atoms with Crippen molar-refractivity contribution in [3.63, 3.8) is 0 Å². The number of nitrogens with one attached hydrogen (secondary N) is 1. The molecule has 1 aliphatic rings. The van der Waals surface area contributed by atoms with E-state index in [1.54, 1.807) is 7.11 Å². The Kier molecular flexibility index (Phi) is 3.92. The molecule has 1 unspecified atom stereocenters. The smallest absolute Gasteiger partial charge is 0.122 e. The van der Waals surface area contributed by atoms with Gasteiger partial charge in [0.25, 0.3) is 0 Å². The Balaban J connectivity index is 2.38. The minimum absolute atomic E-state index is 0.104. The number of benzene rings is 1. The van der Waals surface area contributed by atoms with E-state index in [2.05, 4.69) is 12.2 Å². The first-order chi connectivity index (χ1) is 8.15. The van der Waals surface area contributed by atoms with E-state index >= 15 is 0 Å². The molecule has 0 aliphatic carbocycles. The highest BCUT2D eigenvalue weighted by Gasteiger charge is 2.31. The van der Waals surface area contributed by atoms with Gasteiger partial charge in [0.2, 0.25) is 0 Å². The van der Waals surface area contributed by atoms with E-state index in [0.29, 0.717) is 6.61 Å². The molecule has 1 saturated heterocycles. The fourth-order valence-electron chi connectivity index (χ4n) is 2.18. The fraction of sp³-hybridized carbons (Fsp3) is 0.538. The van der Waals surface area contributed by atoms with E-state index in [9.17, 15) is 0 Å². The van der Waals surface area contributed by atoms with Gasteiger partial charge in [0, 0.05) is 29.1 Å². The summed E-state index contributed by atoms with van der Waals surface area (Å²) in [5.74, 6) is 0.865. The van der Waals surface area contributed by atoms with Crippen LogP contribution in [0.25, 0.3) is 0 Å². The molecule has 0 spiro atoms. The molecule has 4 heteroatoms. The Hall–Kier alpha value is -0.770. The van der Waals surface area contributed by atoms with E-state index in [0.717, 1.165) is 36.0 Å². The Labute approximate surface area is 107 Å². The van der Waals surface area contributed by atoms with E-state index in [-0.39, 0.29) is 5.41 Å². The summed E-state index contributed by atoms with van der Waals surface area (Å²) in [6.45, 7) is 5.34. The molecule has 3 nitrogen and oxygen atoms in total. The maximum atomic E-state index is 6.08. The van der Waals surface area contributed by atoms with Crippen molar-refractivity contribution in [1.29, 1.82) is 0 Å². The Bertz CT molecular complexity index is 387. The van der Waals surface area contributed by atoms with Gasteiger partial charge in [-0.15, -0.1) is 0 Å². The quantitative estimate of drug-likeness (QED) is 0.879. The van der Waals surface area contributed by atoms with Crippen LogP contribution in [0, 0.1) is 0 Å². The molecule has 1 N–H and O–H groups in total. The van der Waals surface area contributed by atoms with Crippen molar-refractivity contribution in [3.05, 3.63) is 28.8 Å². The topological polar surface area (TPSA) is 30.5 Å². The molecule has 0 bridgehead atoms. The molecule has 0 aromatic heterocycles. The van der Waals surface area contributed by atoms with Crippen LogP contribution in [0.2, 0.25) is 5.02 Å². The highest BCUT2D eigenvalue weighted by atomic mass is 35.5. The molecule has 0 radical (unpaired) electrons. The van der Waals surface area contributed by atoms with Crippen LogP contribution in [-0.2, 0) is 10.2 Å². The number of hydrogen-bond donors (Lipinski definition) is 1. The predicted octanol–water partition coefficient (Wildman–Crippen LogP) is 2.23. The standard InChI is InChI=1S/C13H18ClNO2/c1-13(8-15-5-6-17-9-13)11-7-10(14)3-4-12(11)16-2/h3-4,7,15H,5-6,8-9H2,1-2H3. The maximum absolute atomic E-state index is 6.08. The van der Waals surface area contributed by atoms with Gasteiger partial charge < -0.3 is 14.8 Å². The van der Waals surface area contributed by atoms with Crippen molar-refractivity contribution in [2.24, 2.45) is 0 Å². The second-order valence-corrected chi connectivity index (χ2v) is 5.07. The van der Waals surface area contributed by atoms with Gasteiger partial charge in [0.1, 0.15) is 5.75 Å². The summed E-state index contributed by atoms with van der Waals surface area (Å²) in [7, 11) is 1.68. The third-order valence-electron chi connectivity index (χ3n) is 3.17. The zero-order chi connectivity index (χ0) is 12.3. The van der Waals surface area contributed by atoms with Crippen molar-refractivity contribution >= 4 is 11.6 Å². The monoisotopic (exact) mass is 255 g/mol. The summed E-state index contributed by atoms with van der Waals surface area (Å²) in [6.07, 6.45) is 0. The van der Waals surface area contributed by atoms with Crippen molar-refractivity contribution in [3.8, 4) is 5.75 Å². The van der Waals surface area contributed by atoms with Gasteiger partial charge in [-0.25, -0.2) is 0 Å². The van der Waals surface area contributed by atoms with Crippen LogP contribution >= 0.6 is 11.6 Å². The molecule has 1 aromatic carbocycles. The predicted molar refractivity (Wildman–Crippen MR) is 69.0 cm³/mol. The Morgan fingerprint density at radius 1 is 1.47 bits per heavy atom. The van der Waals surface area contributed by atoms with Crippen LogP contribution in [0.5, 0.6) is 5.75 Å². The van der Waals surface area contributed by atoms with E-state index in [4.69, 9.17) is 21.1 Å². The molecule has 0 amide bonds. The number of ether oxygens (including phenoxy) is 2. The third kappa shape index (κ3) is 2.73. The molecular formula is C13H18ClNO2. The Morgan fingerprint density at radius 2 is 2.29 bits per heavy atom. The minimum atomic E-state index is -0.104. The SMILES string of the molecule is COc1ccc(Cl)cc1C1(C)CNCCOC1. The van der Waals surface area contributed by atoms with E-state index in [1.807, 2.05) is 18.2 Å². The first-order valence-electron chi connectivity index (χ1n) is 5.78. The molecule has 1 aromatic rings. The number of rotatable bonds is 2. The molecule has 1 atom stereocenters. The summed E-state index contributed by atoms with van der Waals surface area (Å²) >= 11 is 6.08. The molecule has 17 heavy (non-hydrogen) atoms. The van der Waals surface area contributed by atoms with E-state index in [1.165, 1.54) is 0 Å². The number of halogens is 1. The lowest BCUT2D eigenvalue weighted by atomic mass is 9.82. The van der Waals surface area contributed by atoms with Crippen molar-refractivity contribution in [1.82, 2.24) is 5.32 Å². The van der Waals surface area contributed by atoms with Crippen molar-refractivity contribution in [2.45, 2.75) is 12.3 Å². The average Bonchev–Trinajstić information content (AvgIpc) is 2.55. The molecule has 1 fully saturated rings. The second kappa shape index (κ2) is 5.25. The summed E-state index contributed by atoms with van der Waals surface area (Å²) in [5.41, 5.74) is 0.995. The van der Waals surface area contributed by atoms with Crippen molar-refractivity contribution < 1.29 is 9.47 Å². The molecule has 2 rings (SSSR count). The first-order valence-corrected chi connectivity index (χ1v) is 6.16. The van der Waals surface area contributed by atoms with Crippen LogP contribution < -0.4 is 10.1 Å². The molecule has 1 heterocycles. The largest absolute Gasteiger partial charge is 0.496 e. The summed E-state index contributed by atoms with van der Waals surface area (Å²) < 4.78 is 11.1. The lowest BCUT2D eigenvalue weighted by Crippen LogP contribution is -2.37. The normalized spacial score (nSPS) is 25.4. The number of methoxy groups -OCH3 is 1. The van der Waals surface area contributed by atoms with Crippen LogP contribution in [0.3, 0.4) is 0 Å². The van der Waals surface area contributed by atoms with Crippen LogP contribution in [-0.4, -0.2) is 33.4 Å². The van der Waals surface area contributed by atoms with Gasteiger partial charge in [0.05, 0.1) is 20.3 Å². The lowest BCUT2D eigenvalue weighted by molar-refractivity contribution is 0.112. The van der Waals surface area contributed by atoms with Gasteiger partial charge in [-0.05, 0) is 18.2 Å². The zero-order valence-corrected chi connectivity index (χ0v) is 11.0. The van der Waals surface area contributed by atoms with Gasteiger partial charge in [0.15, 0.2) is 0 Å². The van der Waals surface area contributed by atoms with Crippen LogP contribution in [0.4, 0.5) is 0 Å². The minimum Gasteiger partial charge on any atom is -0.496 e. The summed E-state index contributed by atoms with van der Waals surface area (Å²) in [4.78, 5) is 0. The maximum Gasteiger partial charge on any atom is 0.122 e. The summed E-state index contributed by atoms with van der Waals surface area (Å²) in [5, 5.41) is 4.11. The average molecular weight is 256 g/mol. The molecule has 1 aliphatic heterocycles. The van der Waals surface area contributed by atoms with Crippen LogP contribution in [0.1, 0.15) is 12.5 Å². The first kappa shape index (κ1) is 12.7. The van der Waals surface area contributed by atoms with Gasteiger partial charge in [-0.1, -0.05) is 18.5 Å².